The molecule has 0 N–H and O–H groups in total. The standard InChI is InChI=1S/C13H23FO/c1-11-7-5-4-6-8-13(2,10-15-3)9-12(11)14/h5,7,11-12H,4,6,8-10H2,1-3H3/b7-5+/t11-,12+,13-/m1/s1. The van der Waals surface area contributed by atoms with Gasteiger partial charge in [0.05, 0.1) is 6.61 Å². The van der Waals surface area contributed by atoms with E-state index in [1.165, 1.54) is 0 Å². The summed E-state index contributed by atoms with van der Waals surface area (Å²) >= 11 is 0. The molecule has 0 aromatic heterocycles. The van der Waals surface area contributed by atoms with E-state index in [0.29, 0.717) is 13.0 Å². The van der Waals surface area contributed by atoms with Gasteiger partial charge in [-0.15, -0.1) is 0 Å². The monoisotopic (exact) mass is 214 g/mol. The number of methoxy groups -OCH3 is 1. The Morgan fingerprint density at radius 1 is 1.53 bits per heavy atom. The van der Waals surface area contributed by atoms with Gasteiger partial charge in [0.2, 0.25) is 0 Å². The fraction of sp³-hybridized carbons (Fsp3) is 0.846. The summed E-state index contributed by atoms with van der Waals surface area (Å²) in [6.07, 6.45) is 7.27. The highest BCUT2D eigenvalue weighted by molar-refractivity contribution is 4.94. The molecule has 0 aromatic rings. The summed E-state index contributed by atoms with van der Waals surface area (Å²) in [5.74, 6) is 0.0410. The van der Waals surface area contributed by atoms with Crippen molar-refractivity contribution in [3.63, 3.8) is 0 Å². The second kappa shape index (κ2) is 5.64. The van der Waals surface area contributed by atoms with Crippen molar-refractivity contribution in [3.05, 3.63) is 12.2 Å². The van der Waals surface area contributed by atoms with E-state index in [-0.39, 0.29) is 11.3 Å². The molecular formula is C13H23FO. The molecule has 1 aliphatic rings. The molecule has 1 aliphatic carbocycles. The first kappa shape index (κ1) is 12.7. The van der Waals surface area contributed by atoms with Gasteiger partial charge in [0.1, 0.15) is 6.17 Å². The minimum Gasteiger partial charge on any atom is -0.384 e. The molecule has 0 heterocycles. The fourth-order valence-electron chi connectivity index (χ4n) is 2.32. The number of halogens is 1. The average molecular weight is 214 g/mol. The van der Waals surface area contributed by atoms with E-state index in [2.05, 4.69) is 13.0 Å². The predicted octanol–water partition coefficient (Wildman–Crippen LogP) is 3.74. The zero-order valence-electron chi connectivity index (χ0n) is 10.1. The van der Waals surface area contributed by atoms with Crippen LogP contribution < -0.4 is 0 Å². The van der Waals surface area contributed by atoms with E-state index in [1.54, 1.807) is 7.11 Å². The SMILES string of the molecule is COC[C@]1(C)CCC/C=C/[C@@H](C)[C@@H](F)C1. The van der Waals surface area contributed by atoms with Crippen LogP contribution in [0.15, 0.2) is 12.2 Å². The Balaban J connectivity index is 2.67. The van der Waals surface area contributed by atoms with Crippen LogP contribution in [-0.2, 0) is 4.74 Å². The van der Waals surface area contributed by atoms with Crippen molar-refractivity contribution in [2.24, 2.45) is 11.3 Å². The Hall–Kier alpha value is -0.370. The molecule has 88 valence electrons. The molecule has 1 rings (SSSR count). The minimum absolute atomic E-state index is 0.00838. The summed E-state index contributed by atoms with van der Waals surface area (Å²) in [4.78, 5) is 0. The largest absolute Gasteiger partial charge is 0.384 e. The lowest BCUT2D eigenvalue weighted by atomic mass is 9.79. The van der Waals surface area contributed by atoms with Crippen LogP contribution in [0.25, 0.3) is 0 Å². The molecule has 0 spiro atoms. The molecule has 0 unspecified atom stereocenters. The molecular weight excluding hydrogens is 191 g/mol. The van der Waals surface area contributed by atoms with Crippen molar-refractivity contribution in [1.82, 2.24) is 0 Å². The van der Waals surface area contributed by atoms with E-state index in [0.717, 1.165) is 19.3 Å². The number of alkyl halides is 1. The molecule has 0 amide bonds. The summed E-state index contributed by atoms with van der Waals surface area (Å²) in [5.41, 5.74) is 0.00838. The summed E-state index contributed by atoms with van der Waals surface area (Å²) in [6.45, 7) is 4.76. The molecule has 2 heteroatoms. The van der Waals surface area contributed by atoms with Crippen molar-refractivity contribution in [1.29, 1.82) is 0 Å². The molecule has 0 bridgehead atoms. The maximum absolute atomic E-state index is 13.9. The van der Waals surface area contributed by atoms with Crippen molar-refractivity contribution >= 4 is 0 Å². The Labute approximate surface area is 92.7 Å². The van der Waals surface area contributed by atoms with E-state index in [9.17, 15) is 4.39 Å². The molecule has 0 fully saturated rings. The van der Waals surface area contributed by atoms with Gasteiger partial charge in [-0.2, -0.15) is 0 Å². The van der Waals surface area contributed by atoms with Crippen LogP contribution in [0.5, 0.6) is 0 Å². The first-order valence-corrected chi connectivity index (χ1v) is 5.87. The van der Waals surface area contributed by atoms with Crippen LogP contribution >= 0.6 is 0 Å². The number of ether oxygens (including phenoxy) is 1. The van der Waals surface area contributed by atoms with Gasteiger partial charge >= 0.3 is 0 Å². The van der Waals surface area contributed by atoms with Crippen LogP contribution in [0, 0.1) is 11.3 Å². The van der Waals surface area contributed by atoms with Crippen LogP contribution in [0.2, 0.25) is 0 Å². The number of rotatable bonds is 2. The maximum Gasteiger partial charge on any atom is 0.107 e. The normalized spacial score (nSPS) is 40.3. The lowest BCUT2D eigenvalue weighted by molar-refractivity contribution is 0.0507. The van der Waals surface area contributed by atoms with Gasteiger partial charge < -0.3 is 4.74 Å². The van der Waals surface area contributed by atoms with E-state index in [1.807, 2.05) is 13.0 Å². The molecule has 0 aromatic carbocycles. The summed E-state index contributed by atoms with van der Waals surface area (Å²) in [7, 11) is 1.70. The van der Waals surface area contributed by atoms with Crippen molar-refractivity contribution in [3.8, 4) is 0 Å². The summed E-state index contributed by atoms with van der Waals surface area (Å²) in [6, 6.07) is 0. The van der Waals surface area contributed by atoms with Crippen molar-refractivity contribution in [2.75, 3.05) is 13.7 Å². The van der Waals surface area contributed by atoms with Gasteiger partial charge in [-0.1, -0.05) is 26.0 Å². The number of allylic oxidation sites excluding steroid dienone is 2. The van der Waals surface area contributed by atoms with E-state index >= 15 is 0 Å². The predicted molar refractivity (Wildman–Crippen MR) is 61.7 cm³/mol. The quantitative estimate of drug-likeness (QED) is 0.636. The van der Waals surface area contributed by atoms with Crippen LogP contribution in [0.4, 0.5) is 4.39 Å². The highest BCUT2D eigenvalue weighted by Crippen LogP contribution is 2.34. The first-order valence-electron chi connectivity index (χ1n) is 5.87. The molecule has 0 radical (unpaired) electrons. The van der Waals surface area contributed by atoms with Crippen LogP contribution in [0.3, 0.4) is 0 Å². The first-order chi connectivity index (χ1) is 7.07. The summed E-state index contributed by atoms with van der Waals surface area (Å²) < 4.78 is 19.1. The van der Waals surface area contributed by atoms with E-state index in [4.69, 9.17) is 4.74 Å². The molecule has 0 aliphatic heterocycles. The third kappa shape index (κ3) is 3.94. The summed E-state index contributed by atoms with van der Waals surface area (Å²) in [5, 5.41) is 0. The van der Waals surface area contributed by atoms with Gasteiger partial charge in [0.25, 0.3) is 0 Å². The zero-order chi connectivity index (χ0) is 11.3. The van der Waals surface area contributed by atoms with Crippen LogP contribution in [0.1, 0.15) is 39.5 Å². The molecule has 1 nitrogen and oxygen atoms in total. The number of hydrogen-bond donors (Lipinski definition) is 0. The molecule has 0 saturated carbocycles. The van der Waals surface area contributed by atoms with Gasteiger partial charge in [-0.3, -0.25) is 0 Å². The van der Waals surface area contributed by atoms with Crippen molar-refractivity contribution in [2.45, 2.75) is 45.7 Å². The topological polar surface area (TPSA) is 9.23 Å². The Kier molecular flexibility index (Phi) is 4.78. The average Bonchev–Trinajstić information content (AvgIpc) is 2.21. The fourth-order valence-corrected chi connectivity index (χ4v) is 2.32. The lowest BCUT2D eigenvalue weighted by Crippen LogP contribution is -2.28. The zero-order valence-corrected chi connectivity index (χ0v) is 10.1. The van der Waals surface area contributed by atoms with E-state index < -0.39 is 6.17 Å². The second-order valence-electron chi connectivity index (χ2n) is 5.14. The van der Waals surface area contributed by atoms with Gasteiger partial charge in [0, 0.05) is 13.0 Å². The Morgan fingerprint density at radius 3 is 2.93 bits per heavy atom. The third-order valence-electron chi connectivity index (χ3n) is 3.34. The Morgan fingerprint density at radius 2 is 2.27 bits per heavy atom. The van der Waals surface area contributed by atoms with Crippen LogP contribution in [-0.4, -0.2) is 19.9 Å². The smallest absolute Gasteiger partial charge is 0.107 e. The number of hydrogen-bond acceptors (Lipinski definition) is 1. The maximum atomic E-state index is 13.9. The third-order valence-corrected chi connectivity index (χ3v) is 3.34. The molecule has 3 atom stereocenters. The van der Waals surface area contributed by atoms with Crippen molar-refractivity contribution < 1.29 is 9.13 Å². The highest BCUT2D eigenvalue weighted by Gasteiger charge is 2.30. The van der Waals surface area contributed by atoms with Gasteiger partial charge in [0.15, 0.2) is 0 Å². The Bertz CT molecular complexity index is 215. The molecule has 15 heavy (non-hydrogen) atoms. The highest BCUT2D eigenvalue weighted by atomic mass is 19.1. The minimum atomic E-state index is -0.737. The lowest BCUT2D eigenvalue weighted by Gasteiger charge is -2.30. The van der Waals surface area contributed by atoms with Gasteiger partial charge in [-0.05, 0) is 31.1 Å². The molecule has 0 saturated heterocycles. The second-order valence-corrected chi connectivity index (χ2v) is 5.14. The van der Waals surface area contributed by atoms with Gasteiger partial charge in [-0.25, -0.2) is 4.39 Å².